The second-order valence-corrected chi connectivity index (χ2v) is 6.09. The number of aromatic carboxylic acids is 1. The lowest BCUT2D eigenvalue weighted by Gasteiger charge is -2.13. The number of benzene rings is 3. The van der Waals surface area contributed by atoms with Gasteiger partial charge in [-0.15, -0.1) is 0 Å². The van der Waals surface area contributed by atoms with E-state index >= 15 is 0 Å². The van der Waals surface area contributed by atoms with Gasteiger partial charge < -0.3 is 10.4 Å². The van der Waals surface area contributed by atoms with Crippen molar-refractivity contribution in [1.29, 1.82) is 0 Å². The maximum absolute atomic E-state index is 13.1. The second-order valence-electron chi connectivity index (χ2n) is 5.66. The van der Waals surface area contributed by atoms with E-state index in [0.29, 0.717) is 16.4 Å². The second kappa shape index (κ2) is 6.95. The first kappa shape index (κ1) is 17.0. The Morgan fingerprint density at radius 3 is 2.44 bits per heavy atom. The zero-order chi connectivity index (χ0) is 18.0. The van der Waals surface area contributed by atoms with Crippen LogP contribution in [0.3, 0.4) is 0 Å². The van der Waals surface area contributed by atoms with Crippen molar-refractivity contribution in [2.24, 2.45) is 0 Å². The number of hydrogen-bond acceptors (Lipinski definition) is 2. The molecule has 0 saturated carbocycles. The van der Waals surface area contributed by atoms with Gasteiger partial charge in [-0.2, -0.15) is 0 Å². The van der Waals surface area contributed by atoms with Gasteiger partial charge in [0.15, 0.2) is 0 Å². The standard InChI is InChI=1S/C20H15ClFNO2/c1-12-2-4-14(21)11-18(12)13-3-9-17(20(24)25)19(10-13)23-16-7-5-15(22)6-8-16/h2-11,23H,1H3,(H,24,25). The van der Waals surface area contributed by atoms with E-state index in [9.17, 15) is 14.3 Å². The molecule has 3 aromatic rings. The summed E-state index contributed by atoms with van der Waals surface area (Å²) < 4.78 is 13.1. The van der Waals surface area contributed by atoms with Crippen molar-refractivity contribution in [1.82, 2.24) is 0 Å². The fourth-order valence-electron chi connectivity index (χ4n) is 2.60. The topological polar surface area (TPSA) is 49.3 Å². The molecule has 0 aromatic heterocycles. The summed E-state index contributed by atoms with van der Waals surface area (Å²) in [4.78, 5) is 11.5. The van der Waals surface area contributed by atoms with E-state index in [4.69, 9.17) is 11.6 Å². The van der Waals surface area contributed by atoms with Crippen molar-refractivity contribution in [2.75, 3.05) is 5.32 Å². The summed E-state index contributed by atoms with van der Waals surface area (Å²) in [6.07, 6.45) is 0. The quantitative estimate of drug-likeness (QED) is 0.612. The normalized spacial score (nSPS) is 10.5. The number of carboxylic acids is 1. The number of aryl methyl sites for hydroxylation is 1. The number of anilines is 2. The van der Waals surface area contributed by atoms with Gasteiger partial charge in [-0.1, -0.05) is 23.7 Å². The molecule has 0 bridgehead atoms. The van der Waals surface area contributed by atoms with E-state index in [0.717, 1.165) is 16.7 Å². The van der Waals surface area contributed by atoms with Crippen LogP contribution in [0.15, 0.2) is 60.7 Å². The molecule has 5 heteroatoms. The predicted octanol–water partition coefficient (Wildman–Crippen LogP) is 5.90. The van der Waals surface area contributed by atoms with E-state index < -0.39 is 5.97 Å². The van der Waals surface area contributed by atoms with Crippen LogP contribution in [-0.2, 0) is 0 Å². The van der Waals surface area contributed by atoms with Gasteiger partial charge in [-0.25, -0.2) is 9.18 Å². The monoisotopic (exact) mass is 355 g/mol. The van der Waals surface area contributed by atoms with Crippen LogP contribution in [-0.4, -0.2) is 11.1 Å². The predicted molar refractivity (Wildman–Crippen MR) is 98.3 cm³/mol. The average Bonchev–Trinajstić information content (AvgIpc) is 2.59. The highest BCUT2D eigenvalue weighted by Crippen LogP contribution is 2.31. The van der Waals surface area contributed by atoms with Crippen LogP contribution in [0.25, 0.3) is 11.1 Å². The number of carboxylic acid groups (broad SMARTS) is 1. The lowest BCUT2D eigenvalue weighted by Crippen LogP contribution is -2.03. The van der Waals surface area contributed by atoms with Crippen LogP contribution in [0.5, 0.6) is 0 Å². The Balaban J connectivity index is 2.07. The van der Waals surface area contributed by atoms with Gasteiger partial charge in [0.1, 0.15) is 5.82 Å². The molecule has 0 unspecified atom stereocenters. The Hall–Kier alpha value is -2.85. The maximum Gasteiger partial charge on any atom is 0.337 e. The first-order valence-corrected chi connectivity index (χ1v) is 7.98. The van der Waals surface area contributed by atoms with Gasteiger partial charge in [0.25, 0.3) is 0 Å². The molecule has 0 aliphatic heterocycles. The number of carbonyl (C=O) groups is 1. The summed E-state index contributed by atoms with van der Waals surface area (Å²) in [6.45, 7) is 1.96. The highest BCUT2D eigenvalue weighted by Gasteiger charge is 2.13. The Morgan fingerprint density at radius 2 is 1.76 bits per heavy atom. The van der Waals surface area contributed by atoms with Crippen molar-refractivity contribution >= 4 is 28.9 Å². The van der Waals surface area contributed by atoms with Crippen molar-refractivity contribution in [2.45, 2.75) is 6.92 Å². The third-order valence-corrected chi connectivity index (χ3v) is 4.12. The fraction of sp³-hybridized carbons (Fsp3) is 0.0500. The van der Waals surface area contributed by atoms with E-state index in [-0.39, 0.29) is 11.4 Å². The SMILES string of the molecule is Cc1ccc(Cl)cc1-c1ccc(C(=O)O)c(Nc2ccc(F)cc2)c1. The van der Waals surface area contributed by atoms with E-state index in [2.05, 4.69) is 5.32 Å². The largest absolute Gasteiger partial charge is 0.478 e. The Kier molecular flexibility index (Phi) is 4.72. The molecule has 0 saturated heterocycles. The fourth-order valence-corrected chi connectivity index (χ4v) is 2.77. The van der Waals surface area contributed by atoms with Crippen molar-refractivity contribution in [3.63, 3.8) is 0 Å². The lowest BCUT2D eigenvalue weighted by molar-refractivity contribution is 0.0698. The molecule has 25 heavy (non-hydrogen) atoms. The Bertz CT molecular complexity index is 939. The average molecular weight is 356 g/mol. The summed E-state index contributed by atoms with van der Waals surface area (Å²) in [5.74, 6) is -1.40. The molecule has 3 rings (SSSR count). The Morgan fingerprint density at radius 1 is 1.04 bits per heavy atom. The van der Waals surface area contributed by atoms with E-state index in [1.165, 1.54) is 12.1 Å². The van der Waals surface area contributed by atoms with Crippen LogP contribution in [0.1, 0.15) is 15.9 Å². The van der Waals surface area contributed by atoms with Crippen molar-refractivity contribution in [3.05, 3.63) is 82.6 Å². The van der Waals surface area contributed by atoms with E-state index in [1.54, 1.807) is 30.3 Å². The molecule has 0 aliphatic carbocycles. The van der Waals surface area contributed by atoms with Gasteiger partial charge in [0, 0.05) is 10.7 Å². The molecule has 0 radical (unpaired) electrons. The van der Waals surface area contributed by atoms with Crippen molar-refractivity contribution in [3.8, 4) is 11.1 Å². The highest BCUT2D eigenvalue weighted by atomic mass is 35.5. The van der Waals surface area contributed by atoms with Gasteiger partial charge in [0.05, 0.1) is 11.3 Å². The van der Waals surface area contributed by atoms with Crippen LogP contribution < -0.4 is 5.32 Å². The highest BCUT2D eigenvalue weighted by molar-refractivity contribution is 6.30. The molecule has 3 aromatic carbocycles. The summed E-state index contributed by atoms with van der Waals surface area (Å²) in [7, 11) is 0. The minimum atomic E-state index is -1.04. The Labute approximate surface area is 149 Å². The van der Waals surface area contributed by atoms with Crippen LogP contribution in [0, 0.1) is 12.7 Å². The van der Waals surface area contributed by atoms with Gasteiger partial charge in [-0.05, 0) is 72.1 Å². The first-order valence-electron chi connectivity index (χ1n) is 7.60. The summed E-state index contributed by atoms with van der Waals surface area (Å²) in [5.41, 5.74) is 3.95. The van der Waals surface area contributed by atoms with Crippen LogP contribution in [0.4, 0.5) is 15.8 Å². The van der Waals surface area contributed by atoms with Crippen LogP contribution >= 0.6 is 11.6 Å². The number of rotatable bonds is 4. The summed E-state index contributed by atoms with van der Waals surface area (Å²) in [6, 6.07) is 16.3. The van der Waals surface area contributed by atoms with Crippen molar-refractivity contribution < 1.29 is 14.3 Å². The minimum absolute atomic E-state index is 0.132. The zero-order valence-corrected chi connectivity index (χ0v) is 14.1. The molecule has 0 atom stereocenters. The molecule has 0 amide bonds. The zero-order valence-electron chi connectivity index (χ0n) is 13.4. The molecule has 0 spiro atoms. The van der Waals surface area contributed by atoms with Gasteiger partial charge >= 0.3 is 5.97 Å². The molecule has 2 N–H and O–H groups in total. The molecule has 0 aliphatic rings. The lowest BCUT2D eigenvalue weighted by atomic mass is 9.98. The smallest absolute Gasteiger partial charge is 0.337 e. The third-order valence-electron chi connectivity index (χ3n) is 3.88. The molecule has 3 nitrogen and oxygen atoms in total. The van der Waals surface area contributed by atoms with Crippen LogP contribution in [0.2, 0.25) is 5.02 Å². The first-order chi connectivity index (χ1) is 11.9. The number of halogens is 2. The third kappa shape index (κ3) is 3.80. The summed E-state index contributed by atoms with van der Waals surface area (Å²) >= 11 is 6.09. The molecular formula is C20H15ClFNO2. The molecular weight excluding hydrogens is 341 g/mol. The van der Waals surface area contributed by atoms with Gasteiger partial charge in [-0.3, -0.25) is 0 Å². The molecule has 0 fully saturated rings. The maximum atomic E-state index is 13.1. The minimum Gasteiger partial charge on any atom is -0.478 e. The number of hydrogen-bond donors (Lipinski definition) is 2. The van der Waals surface area contributed by atoms with E-state index in [1.807, 2.05) is 25.1 Å². The molecule has 0 heterocycles. The molecule has 126 valence electrons. The van der Waals surface area contributed by atoms with Gasteiger partial charge in [0.2, 0.25) is 0 Å². The number of nitrogens with one attached hydrogen (secondary N) is 1. The summed E-state index contributed by atoms with van der Waals surface area (Å²) in [5, 5.41) is 13.1.